The van der Waals surface area contributed by atoms with E-state index in [1.54, 1.807) is 0 Å². The van der Waals surface area contributed by atoms with Crippen molar-refractivity contribution in [3.8, 4) is 0 Å². The summed E-state index contributed by atoms with van der Waals surface area (Å²) in [6.07, 6.45) is 3.25. The Morgan fingerprint density at radius 2 is 2.16 bits per heavy atom. The first kappa shape index (κ1) is 17.3. The van der Waals surface area contributed by atoms with Crippen molar-refractivity contribution in [2.75, 3.05) is 25.6 Å². The van der Waals surface area contributed by atoms with E-state index in [0.717, 1.165) is 27.2 Å². The molecule has 0 aliphatic heterocycles. The maximum Gasteiger partial charge on any atom is 0.0485 e. The minimum atomic E-state index is 0.155. The highest BCUT2D eigenvalue weighted by Gasteiger charge is 2.23. The Bertz CT molecular complexity index is 403. The van der Waals surface area contributed by atoms with Crippen LogP contribution in [0.5, 0.6) is 0 Å². The molecule has 5 heteroatoms. The number of rotatable bonds is 7. The molecular formula is C14H22BrClN2S. The van der Waals surface area contributed by atoms with Gasteiger partial charge in [-0.15, -0.1) is 0 Å². The molecule has 1 aromatic carbocycles. The molecule has 0 saturated heterocycles. The van der Waals surface area contributed by atoms with Crippen LogP contribution in [0.4, 0.5) is 0 Å². The lowest BCUT2D eigenvalue weighted by Gasteiger charge is -2.34. The van der Waals surface area contributed by atoms with Gasteiger partial charge in [-0.3, -0.25) is 4.90 Å². The standard InChI is InChI=1S/C14H22BrClN2S/c1-4-11(9-19-3)18(2)14(8-17)12-7-10(15)5-6-13(12)16/h5-7,11,14H,4,8-9,17H2,1-3H3. The first-order chi connectivity index (χ1) is 9.04. The zero-order valence-corrected chi connectivity index (χ0v) is 14.9. The summed E-state index contributed by atoms with van der Waals surface area (Å²) < 4.78 is 1.04. The van der Waals surface area contributed by atoms with Gasteiger partial charge >= 0.3 is 0 Å². The molecule has 0 fully saturated rings. The monoisotopic (exact) mass is 364 g/mol. The average Bonchev–Trinajstić information content (AvgIpc) is 2.40. The molecule has 1 aromatic rings. The molecule has 0 saturated carbocycles. The van der Waals surface area contributed by atoms with Crippen LogP contribution in [0.25, 0.3) is 0 Å². The second-order valence-corrected chi connectivity index (χ2v) is 6.83. The second-order valence-electron chi connectivity index (χ2n) is 4.60. The first-order valence-corrected chi connectivity index (χ1v) is 8.97. The number of nitrogens with zero attached hydrogens (tertiary/aromatic N) is 1. The summed E-state index contributed by atoms with van der Waals surface area (Å²) in [6, 6.07) is 6.62. The smallest absolute Gasteiger partial charge is 0.0485 e. The van der Waals surface area contributed by atoms with Crippen LogP contribution in [0, 0.1) is 0 Å². The molecule has 0 heterocycles. The summed E-state index contributed by atoms with van der Waals surface area (Å²) in [5.74, 6) is 1.11. The fourth-order valence-electron chi connectivity index (χ4n) is 2.25. The van der Waals surface area contributed by atoms with Crippen LogP contribution < -0.4 is 5.73 Å². The van der Waals surface area contributed by atoms with Crippen LogP contribution in [-0.4, -0.2) is 36.5 Å². The number of thioether (sulfide) groups is 1. The maximum absolute atomic E-state index is 6.33. The minimum absolute atomic E-state index is 0.155. The highest BCUT2D eigenvalue weighted by Crippen LogP contribution is 2.31. The molecular weight excluding hydrogens is 344 g/mol. The Labute approximate surface area is 134 Å². The Morgan fingerprint density at radius 3 is 2.68 bits per heavy atom. The Kier molecular flexibility index (Phi) is 7.77. The van der Waals surface area contributed by atoms with Crippen molar-refractivity contribution in [2.45, 2.75) is 25.4 Å². The molecule has 0 radical (unpaired) electrons. The molecule has 1 rings (SSSR count). The van der Waals surface area contributed by atoms with Gasteiger partial charge in [-0.25, -0.2) is 0 Å². The average molecular weight is 366 g/mol. The molecule has 0 spiro atoms. The lowest BCUT2D eigenvalue weighted by molar-refractivity contribution is 0.188. The van der Waals surface area contributed by atoms with E-state index in [9.17, 15) is 0 Å². The van der Waals surface area contributed by atoms with Gasteiger partial charge in [-0.2, -0.15) is 11.8 Å². The van der Waals surface area contributed by atoms with Crippen molar-refractivity contribution in [2.24, 2.45) is 5.73 Å². The number of likely N-dealkylation sites (N-methyl/N-ethyl adjacent to an activating group) is 1. The van der Waals surface area contributed by atoms with E-state index in [1.165, 1.54) is 0 Å². The molecule has 19 heavy (non-hydrogen) atoms. The van der Waals surface area contributed by atoms with Gasteiger partial charge in [0.05, 0.1) is 0 Å². The maximum atomic E-state index is 6.33. The summed E-state index contributed by atoms with van der Waals surface area (Å²) in [4.78, 5) is 2.35. The van der Waals surface area contributed by atoms with E-state index < -0.39 is 0 Å². The van der Waals surface area contributed by atoms with E-state index in [1.807, 2.05) is 23.9 Å². The quantitative estimate of drug-likeness (QED) is 0.786. The molecule has 0 aromatic heterocycles. The zero-order valence-electron chi connectivity index (χ0n) is 11.7. The second kappa shape index (κ2) is 8.53. The van der Waals surface area contributed by atoms with E-state index in [4.69, 9.17) is 17.3 Å². The van der Waals surface area contributed by atoms with Gasteiger partial charge < -0.3 is 5.73 Å². The summed E-state index contributed by atoms with van der Waals surface area (Å²) >= 11 is 11.7. The lowest BCUT2D eigenvalue weighted by atomic mass is 10.0. The number of nitrogens with two attached hydrogens (primary N) is 1. The molecule has 2 N–H and O–H groups in total. The van der Waals surface area contributed by atoms with Crippen molar-refractivity contribution in [3.63, 3.8) is 0 Å². The van der Waals surface area contributed by atoms with E-state index >= 15 is 0 Å². The third-order valence-electron chi connectivity index (χ3n) is 3.44. The molecule has 2 unspecified atom stereocenters. The van der Waals surface area contributed by atoms with Gasteiger partial charge in [0, 0.05) is 33.9 Å². The third-order valence-corrected chi connectivity index (χ3v) is 4.99. The highest BCUT2D eigenvalue weighted by molar-refractivity contribution is 9.10. The van der Waals surface area contributed by atoms with Crippen molar-refractivity contribution in [1.82, 2.24) is 4.90 Å². The largest absolute Gasteiger partial charge is 0.329 e. The van der Waals surface area contributed by atoms with Gasteiger partial charge in [-0.05, 0) is 43.5 Å². The van der Waals surface area contributed by atoms with Crippen LogP contribution >= 0.6 is 39.3 Å². The zero-order chi connectivity index (χ0) is 14.4. The predicted molar refractivity (Wildman–Crippen MR) is 91.2 cm³/mol. The van der Waals surface area contributed by atoms with Crippen molar-refractivity contribution in [1.29, 1.82) is 0 Å². The number of hydrogen-bond donors (Lipinski definition) is 1. The van der Waals surface area contributed by atoms with Crippen molar-refractivity contribution >= 4 is 39.3 Å². The van der Waals surface area contributed by atoms with Crippen molar-refractivity contribution in [3.05, 3.63) is 33.3 Å². The molecule has 0 aliphatic rings. The van der Waals surface area contributed by atoms with Crippen LogP contribution in [0.3, 0.4) is 0 Å². The summed E-state index contributed by atoms with van der Waals surface area (Å²) in [5, 5.41) is 0.782. The number of halogens is 2. The van der Waals surface area contributed by atoms with Crippen LogP contribution in [-0.2, 0) is 0 Å². The van der Waals surface area contributed by atoms with Gasteiger partial charge in [0.1, 0.15) is 0 Å². The van der Waals surface area contributed by atoms with Gasteiger partial charge in [-0.1, -0.05) is 34.5 Å². The molecule has 2 nitrogen and oxygen atoms in total. The lowest BCUT2D eigenvalue weighted by Crippen LogP contribution is -2.39. The highest BCUT2D eigenvalue weighted by atomic mass is 79.9. The summed E-state index contributed by atoms with van der Waals surface area (Å²) in [5.41, 5.74) is 7.09. The summed E-state index contributed by atoms with van der Waals surface area (Å²) in [6.45, 7) is 2.78. The van der Waals surface area contributed by atoms with Gasteiger partial charge in [0.2, 0.25) is 0 Å². The Hall–Kier alpha value is 0.260. The SMILES string of the molecule is CCC(CSC)N(C)C(CN)c1cc(Br)ccc1Cl. The summed E-state index contributed by atoms with van der Waals surface area (Å²) in [7, 11) is 2.14. The molecule has 108 valence electrons. The van der Waals surface area contributed by atoms with Crippen LogP contribution in [0.2, 0.25) is 5.02 Å². The van der Waals surface area contributed by atoms with E-state index in [2.05, 4.69) is 47.1 Å². The normalized spacial score (nSPS) is 14.7. The minimum Gasteiger partial charge on any atom is -0.329 e. The fraction of sp³-hybridized carbons (Fsp3) is 0.571. The molecule has 0 amide bonds. The molecule has 0 bridgehead atoms. The predicted octanol–water partition coefficient (Wildman–Crippen LogP) is 4.18. The van der Waals surface area contributed by atoms with Crippen LogP contribution in [0.15, 0.2) is 22.7 Å². The van der Waals surface area contributed by atoms with Gasteiger partial charge in [0.25, 0.3) is 0 Å². The molecule has 0 aliphatic carbocycles. The topological polar surface area (TPSA) is 29.3 Å². The van der Waals surface area contributed by atoms with Gasteiger partial charge in [0.15, 0.2) is 0 Å². The first-order valence-electron chi connectivity index (χ1n) is 6.41. The number of hydrogen-bond acceptors (Lipinski definition) is 3. The Morgan fingerprint density at radius 1 is 1.47 bits per heavy atom. The third kappa shape index (κ3) is 4.64. The van der Waals surface area contributed by atoms with E-state index in [-0.39, 0.29) is 6.04 Å². The fourth-order valence-corrected chi connectivity index (χ4v) is 3.73. The Balaban J connectivity index is 3.01. The van der Waals surface area contributed by atoms with E-state index in [0.29, 0.717) is 12.6 Å². The molecule has 2 atom stereocenters. The number of benzene rings is 1. The van der Waals surface area contributed by atoms with Crippen molar-refractivity contribution < 1.29 is 0 Å². The van der Waals surface area contributed by atoms with Crippen LogP contribution in [0.1, 0.15) is 24.9 Å².